The van der Waals surface area contributed by atoms with E-state index in [-0.39, 0.29) is 5.82 Å². The van der Waals surface area contributed by atoms with Gasteiger partial charge in [0.1, 0.15) is 17.4 Å². The van der Waals surface area contributed by atoms with Crippen LogP contribution in [-0.2, 0) is 0 Å². The summed E-state index contributed by atoms with van der Waals surface area (Å²) < 4.78 is 20.2. The number of para-hydroxylation sites is 1. The molecule has 1 heterocycles. The van der Waals surface area contributed by atoms with E-state index in [0.717, 1.165) is 22.2 Å². The smallest absolute Gasteiger partial charge is 0.162 e. The van der Waals surface area contributed by atoms with E-state index in [1.807, 2.05) is 48.5 Å². The van der Waals surface area contributed by atoms with Crippen LogP contribution in [0.3, 0.4) is 0 Å². The Morgan fingerprint density at radius 2 is 1.74 bits per heavy atom. The molecule has 4 aromatic rings. The zero-order chi connectivity index (χ0) is 18.8. The molecule has 0 amide bonds. The SMILES string of the molecule is COc1ccc(-c2nc(Nc3ccc(Br)cc3F)c3ccccc3n2)cc1. The molecule has 1 N–H and O–H groups in total. The molecule has 0 unspecified atom stereocenters. The van der Waals surface area contributed by atoms with Gasteiger partial charge in [0.2, 0.25) is 0 Å². The average Bonchev–Trinajstić information content (AvgIpc) is 2.70. The second-order valence-electron chi connectivity index (χ2n) is 5.89. The third kappa shape index (κ3) is 3.61. The van der Waals surface area contributed by atoms with Crippen molar-refractivity contribution < 1.29 is 9.13 Å². The van der Waals surface area contributed by atoms with E-state index in [9.17, 15) is 4.39 Å². The molecule has 0 radical (unpaired) electrons. The molecule has 0 saturated carbocycles. The van der Waals surface area contributed by atoms with Gasteiger partial charge in [-0.25, -0.2) is 14.4 Å². The van der Waals surface area contributed by atoms with E-state index in [0.29, 0.717) is 21.8 Å². The number of anilines is 2. The first-order valence-corrected chi connectivity index (χ1v) is 9.06. The number of methoxy groups -OCH3 is 1. The minimum absolute atomic E-state index is 0.350. The van der Waals surface area contributed by atoms with E-state index in [1.54, 1.807) is 19.2 Å². The lowest BCUT2D eigenvalue weighted by Gasteiger charge is -2.12. The molecular weight excluding hydrogens is 409 g/mol. The van der Waals surface area contributed by atoms with Crippen LogP contribution >= 0.6 is 15.9 Å². The second kappa shape index (κ2) is 7.32. The fourth-order valence-electron chi connectivity index (χ4n) is 2.76. The Bertz CT molecular complexity index is 1120. The summed E-state index contributed by atoms with van der Waals surface area (Å²) >= 11 is 3.27. The molecule has 0 bridgehead atoms. The molecule has 0 saturated heterocycles. The molecule has 1 aromatic heterocycles. The zero-order valence-electron chi connectivity index (χ0n) is 14.4. The number of halogens is 2. The summed E-state index contributed by atoms with van der Waals surface area (Å²) in [5.41, 5.74) is 1.97. The molecule has 134 valence electrons. The van der Waals surface area contributed by atoms with E-state index < -0.39 is 0 Å². The number of fused-ring (bicyclic) bond motifs is 1. The average molecular weight is 424 g/mol. The molecule has 6 heteroatoms. The Morgan fingerprint density at radius 3 is 2.48 bits per heavy atom. The van der Waals surface area contributed by atoms with Crippen LogP contribution in [0.5, 0.6) is 5.75 Å². The van der Waals surface area contributed by atoms with Gasteiger partial charge in [-0.1, -0.05) is 28.1 Å². The fraction of sp³-hybridized carbons (Fsp3) is 0.0476. The van der Waals surface area contributed by atoms with Crippen LogP contribution < -0.4 is 10.1 Å². The normalized spacial score (nSPS) is 10.8. The Balaban J connectivity index is 1.82. The van der Waals surface area contributed by atoms with Crippen molar-refractivity contribution in [2.75, 3.05) is 12.4 Å². The van der Waals surface area contributed by atoms with E-state index in [1.165, 1.54) is 6.07 Å². The van der Waals surface area contributed by atoms with Crippen LogP contribution in [0.2, 0.25) is 0 Å². The summed E-state index contributed by atoms with van der Waals surface area (Å²) in [7, 11) is 1.62. The Labute approximate surface area is 164 Å². The van der Waals surface area contributed by atoms with Gasteiger partial charge < -0.3 is 10.1 Å². The number of hydrogen-bond donors (Lipinski definition) is 1. The quantitative estimate of drug-likeness (QED) is 0.440. The van der Waals surface area contributed by atoms with E-state index in [4.69, 9.17) is 4.74 Å². The predicted octanol–water partition coefficient (Wildman–Crippen LogP) is 5.95. The lowest BCUT2D eigenvalue weighted by atomic mass is 10.1. The lowest BCUT2D eigenvalue weighted by Crippen LogP contribution is -2.01. The van der Waals surface area contributed by atoms with Gasteiger partial charge >= 0.3 is 0 Å². The summed E-state index contributed by atoms with van der Waals surface area (Å²) in [5, 5.41) is 3.92. The van der Waals surface area contributed by atoms with Gasteiger partial charge in [0.15, 0.2) is 5.82 Å². The molecule has 0 aliphatic heterocycles. The summed E-state index contributed by atoms with van der Waals surface area (Å²) in [4.78, 5) is 9.29. The van der Waals surface area contributed by atoms with E-state index >= 15 is 0 Å². The van der Waals surface area contributed by atoms with Crippen molar-refractivity contribution in [1.29, 1.82) is 0 Å². The maximum absolute atomic E-state index is 14.3. The lowest BCUT2D eigenvalue weighted by molar-refractivity contribution is 0.415. The van der Waals surface area contributed by atoms with Crippen molar-refractivity contribution in [1.82, 2.24) is 9.97 Å². The summed E-state index contributed by atoms with van der Waals surface area (Å²) in [6, 6.07) is 20.0. The molecule has 27 heavy (non-hydrogen) atoms. The molecule has 4 nitrogen and oxygen atoms in total. The van der Waals surface area contributed by atoms with Crippen LogP contribution in [-0.4, -0.2) is 17.1 Å². The Kier molecular flexibility index (Phi) is 4.73. The molecule has 4 rings (SSSR count). The topological polar surface area (TPSA) is 47.0 Å². The predicted molar refractivity (Wildman–Crippen MR) is 109 cm³/mol. The monoisotopic (exact) mass is 423 g/mol. The molecule has 0 fully saturated rings. The fourth-order valence-corrected chi connectivity index (χ4v) is 3.09. The highest BCUT2D eigenvalue weighted by Crippen LogP contribution is 2.29. The molecule has 0 spiro atoms. The largest absolute Gasteiger partial charge is 0.497 e. The minimum Gasteiger partial charge on any atom is -0.497 e. The minimum atomic E-state index is -0.363. The summed E-state index contributed by atoms with van der Waals surface area (Å²) in [6.45, 7) is 0. The van der Waals surface area contributed by atoms with Crippen molar-refractivity contribution in [2.45, 2.75) is 0 Å². The number of aromatic nitrogens is 2. The third-order valence-electron chi connectivity index (χ3n) is 4.14. The third-order valence-corrected chi connectivity index (χ3v) is 4.63. The number of ether oxygens (including phenoxy) is 1. The van der Waals surface area contributed by atoms with Gasteiger partial charge in [-0.2, -0.15) is 0 Å². The van der Waals surface area contributed by atoms with E-state index in [2.05, 4.69) is 31.2 Å². The van der Waals surface area contributed by atoms with Crippen molar-refractivity contribution in [3.63, 3.8) is 0 Å². The molecule has 3 aromatic carbocycles. The number of rotatable bonds is 4. The Morgan fingerprint density at radius 1 is 0.963 bits per heavy atom. The van der Waals surface area contributed by atoms with Crippen molar-refractivity contribution in [3.8, 4) is 17.1 Å². The first-order chi connectivity index (χ1) is 13.1. The maximum Gasteiger partial charge on any atom is 0.162 e. The van der Waals surface area contributed by atoms with Gasteiger partial charge in [0, 0.05) is 15.4 Å². The highest BCUT2D eigenvalue weighted by molar-refractivity contribution is 9.10. The summed E-state index contributed by atoms with van der Waals surface area (Å²) in [6.07, 6.45) is 0. The van der Waals surface area contributed by atoms with Crippen molar-refractivity contribution in [2.24, 2.45) is 0 Å². The van der Waals surface area contributed by atoms with Crippen LogP contribution in [0, 0.1) is 5.82 Å². The first-order valence-electron chi connectivity index (χ1n) is 8.27. The standard InChI is InChI=1S/C21H15BrFN3O/c1-27-15-9-6-13(7-10-15)20-24-18-5-3-2-4-16(18)21(26-20)25-19-11-8-14(22)12-17(19)23/h2-12H,1H3,(H,24,25,26). The van der Waals surface area contributed by atoms with Gasteiger partial charge in [0.25, 0.3) is 0 Å². The second-order valence-corrected chi connectivity index (χ2v) is 6.81. The van der Waals surface area contributed by atoms with Crippen molar-refractivity contribution in [3.05, 3.63) is 77.0 Å². The van der Waals surface area contributed by atoms with Crippen LogP contribution in [0.4, 0.5) is 15.9 Å². The Hall–Kier alpha value is -2.99. The number of nitrogens with one attached hydrogen (secondary N) is 1. The molecule has 0 aliphatic carbocycles. The van der Waals surface area contributed by atoms with Gasteiger partial charge in [0.05, 0.1) is 18.3 Å². The highest BCUT2D eigenvalue weighted by atomic mass is 79.9. The van der Waals surface area contributed by atoms with Gasteiger partial charge in [-0.05, 0) is 54.6 Å². The van der Waals surface area contributed by atoms with Crippen LogP contribution in [0.25, 0.3) is 22.3 Å². The summed E-state index contributed by atoms with van der Waals surface area (Å²) in [5.74, 6) is 1.50. The maximum atomic E-state index is 14.3. The number of nitrogens with zero attached hydrogens (tertiary/aromatic N) is 2. The first kappa shape index (κ1) is 17.4. The number of hydrogen-bond acceptors (Lipinski definition) is 4. The van der Waals surface area contributed by atoms with Crippen molar-refractivity contribution >= 4 is 38.3 Å². The van der Waals surface area contributed by atoms with Crippen LogP contribution in [0.15, 0.2) is 71.2 Å². The molecule has 0 atom stereocenters. The highest BCUT2D eigenvalue weighted by Gasteiger charge is 2.12. The number of benzene rings is 3. The van der Waals surface area contributed by atoms with Gasteiger partial charge in [-0.3, -0.25) is 0 Å². The van der Waals surface area contributed by atoms with Gasteiger partial charge in [-0.15, -0.1) is 0 Å². The van der Waals surface area contributed by atoms with Crippen LogP contribution in [0.1, 0.15) is 0 Å². The molecule has 0 aliphatic rings. The zero-order valence-corrected chi connectivity index (χ0v) is 16.0. The molecular formula is C21H15BrFN3O.